The van der Waals surface area contributed by atoms with Crippen LogP contribution in [0.3, 0.4) is 0 Å². The standard InChI is InChI=1S/C15H10ClN3O3/c1-8-12(16)6-5-11-13(8)18-15(20)14(11)17-9-3-2-4-10(7-9)19(21)22/h2-7H,1H3,(H,17,18,20). The predicted molar refractivity (Wildman–Crippen MR) is 84.1 cm³/mol. The zero-order chi connectivity index (χ0) is 15.9. The Hall–Kier alpha value is -2.73. The number of halogens is 1. The van der Waals surface area contributed by atoms with Crippen LogP contribution in [-0.4, -0.2) is 16.5 Å². The number of non-ortho nitro benzene ring substituents is 1. The molecule has 1 heterocycles. The summed E-state index contributed by atoms with van der Waals surface area (Å²) in [7, 11) is 0. The minimum atomic E-state index is -0.504. The zero-order valence-electron chi connectivity index (χ0n) is 11.5. The molecule has 0 fully saturated rings. The van der Waals surface area contributed by atoms with E-state index in [4.69, 9.17) is 11.6 Å². The molecule has 1 N–H and O–H groups in total. The van der Waals surface area contributed by atoms with Crippen LogP contribution in [0.2, 0.25) is 5.02 Å². The van der Waals surface area contributed by atoms with E-state index in [1.165, 1.54) is 18.2 Å². The van der Waals surface area contributed by atoms with Crippen molar-refractivity contribution in [3.63, 3.8) is 0 Å². The molecular formula is C15H10ClN3O3. The molecule has 1 amide bonds. The third-order valence-corrected chi connectivity index (χ3v) is 3.80. The number of benzene rings is 2. The van der Waals surface area contributed by atoms with Crippen LogP contribution in [0.5, 0.6) is 0 Å². The van der Waals surface area contributed by atoms with Gasteiger partial charge < -0.3 is 5.32 Å². The number of carbonyl (C=O) groups is 1. The number of hydrogen-bond acceptors (Lipinski definition) is 4. The number of nitrogens with zero attached hydrogens (tertiary/aromatic N) is 2. The zero-order valence-corrected chi connectivity index (χ0v) is 12.2. The maximum Gasteiger partial charge on any atom is 0.275 e. The van der Waals surface area contributed by atoms with Gasteiger partial charge in [0.05, 0.1) is 16.3 Å². The Balaban J connectivity index is 2.10. The van der Waals surface area contributed by atoms with E-state index in [-0.39, 0.29) is 17.3 Å². The number of nitrogens with one attached hydrogen (secondary N) is 1. The summed E-state index contributed by atoms with van der Waals surface area (Å²) in [5.41, 5.74) is 2.51. The van der Waals surface area contributed by atoms with Gasteiger partial charge in [-0.05, 0) is 30.7 Å². The summed E-state index contributed by atoms with van der Waals surface area (Å²) >= 11 is 6.04. The third-order valence-electron chi connectivity index (χ3n) is 3.39. The number of aliphatic imine (C=N–C) groups is 1. The van der Waals surface area contributed by atoms with Crippen LogP contribution in [0, 0.1) is 17.0 Å². The molecule has 0 atom stereocenters. The van der Waals surface area contributed by atoms with Gasteiger partial charge in [0, 0.05) is 22.7 Å². The highest BCUT2D eigenvalue weighted by atomic mass is 35.5. The van der Waals surface area contributed by atoms with Gasteiger partial charge >= 0.3 is 0 Å². The molecule has 1 aliphatic heterocycles. The Bertz CT molecular complexity index is 846. The van der Waals surface area contributed by atoms with Crippen molar-refractivity contribution in [2.75, 3.05) is 5.32 Å². The van der Waals surface area contributed by atoms with Crippen molar-refractivity contribution < 1.29 is 9.72 Å². The maximum absolute atomic E-state index is 12.1. The maximum atomic E-state index is 12.1. The average molecular weight is 316 g/mol. The summed E-state index contributed by atoms with van der Waals surface area (Å²) in [6, 6.07) is 9.22. The molecule has 0 aromatic heterocycles. The van der Waals surface area contributed by atoms with E-state index in [9.17, 15) is 14.9 Å². The first-order chi connectivity index (χ1) is 10.5. The highest BCUT2D eigenvalue weighted by Crippen LogP contribution is 2.33. The summed E-state index contributed by atoms with van der Waals surface area (Å²) in [5.74, 6) is -0.355. The molecular weight excluding hydrogens is 306 g/mol. The van der Waals surface area contributed by atoms with E-state index >= 15 is 0 Å². The largest absolute Gasteiger partial charge is 0.320 e. The molecule has 2 aromatic carbocycles. The van der Waals surface area contributed by atoms with Gasteiger partial charge in [-0.2, -0.15) is 0 Å². The van der Waals surface area contributed by atoms with Crippen LogP contribution in [0.4, 0.5) is 17.1 Å². The van der Waals surface area contributed by atoms with E-state index in [1.807, 2.05) is 0 Å². The number of rotatable bonds is 2. The van der Waals surface area contributed by atoms with Gasteiger partial charge in [0.25, 0.3) is 11.6 Å². The van der Waals surface area contributed by atoms with E-state index in [2.05, 4.69) is 10.3 Å². The Morgan fingerprint density at radius 3 is 2.77 bits per heavy atom. The molecule has 0 radical (unpaired) electrons. The number of carbonyl (C=O) groups excluding carboxylic acids is 1. The molecule has 0 spiro atoms. The predicted octanol–water partition coefficient (Wildman–Crippen LogP) is 3.63. The summed E-state index contributed by atoms with van der Waals surface area (Å²) < 4.78 is 0. The Labute approximate surface area is 130 Å². The van der Waals surface area contributed by atoms with Gasteiger partial charge in [-0.15, -0.1) is 0 Å². The topological polar surface area (TPSA) is 84.6 Å². The minimum absolute atomic E-state index is 0.0761. The number of nitro benzene ring substituents is 1. The first-order valence-electron chi connectivity index (χ1n) is 6.41. The van der Waals surface area contributed by atoms with Crippen LogP contribution < -0.4 is 5.32 Å². The fraction of sp³-hybridized carbons (Fsp3) is 0.0667. The second-order valence-electron chi connectivity index (χ2n) is 4.79. The number of fused-ring (bicyclic) bond motifs is 1. The lowest BCUT2D eigenvalue weighted by Crippen LogP contribution is -2.14. The Morgan fingerprint density at radius 2 is 2.05 bits per heavy atom. The van der Waals surface area contributed by atoms with Crippen molar-refractivity contribution in [3.05, 3.63) is 62.7 Å². The molecule has 7 heteroatoms. The van der Waals surface area contributed by atoms with Gasteiger partial charge in [0.2, 0.25) is 0 Å². The van der Waals surface area contributed by atoms with Crippen LogP contribution in [0.25, 0.3) is 0 Å². The minimum Gasteiger partial charge on any atom is -0.320 e. The van der Waals surface area contributed by atoms with Gasteiger partial charge in [-0.3, -0.25) is 14.9 Å². The molecule has 0 saturated carbocycles. The molecule has 0 unspecified atom stereocenters. The second-order valence-corrected chi connectivity index (χ2v) is 5.19. The lowest BCUT2D eigenvalue weighted by molar-refractivity contribution is -0.384. The molecule has 0 saturated heterocycles. The fourth-order valence-electron chi connectivity index (χ4n) is 2.26. The first-order valence-corrected chi connectivity index (χ1v) is 6.79. The fourth-order valence-corrected chi connectivity index (χ4v) is 2.41. The van der Waals surface area contributed by atoms with E-state index in [0.29, 0.717) is 22.0 Å². The number of amides is 1. The molecule has 22 heavy (non-hydrogen) atoms. The highest BCUT2D eigenvalue weighted by Gasteiger charge is 2.28. The van der Waals surface area contributed by atoms with Crippen LogP contribution in [-0.2, 0) is 4.79 Å². The SMILES string of the molecule is Cc1c(Cl)ccc2c1NC(=O)C2=Nc1cccc([N+](=O)[O-])c1. The monoisotopic (exact) mass is 315 g/mol. The van der Waals surface area contributed by atoms with Crippen LogP contribution >= 0.6 is 11.6 Å². The van der Waals surface area contributed by atoms with Crippen molar-refractivity contribution in [2.45, 2.75) is 6.92 Å². The third kappa shape index (κ3) is 2.33. The molecule has 0 aliphatic carbocycles. The lowest BCUT2D eigenvalue weighted by atomic mass is 10.1. The van der Waals surface area contributed by atoms with E-state index < -0.39 is 4.92 Å². The smallest absolute Gasteiger partial charge is 0.275 e. The molecule has 0 bridgehead atoms. The molecule has 2 aromatic rings. The van der Waals surface area contributed by atoms with Crippen molar-refractivity contribution in [3.8, 4) is 0 Å². The number of anilines is 1. The van der Waals surface area contributed by atoms with Crippen LogP contribution in [0.15, 0.2) is 41.4 Å². The van der Waals surface area contributed by atoms with Gasteiger partial charge in [-0.25, -0.2) is 4.99 Å². The van der Waals surface area contributed by atoms with Crippen molar-refractivity contribution >= 4 is 40.3 Å². The molecule has 3 rings (SSSR count). The van der Waals surface area contributed by atoms with Crippen LogP contribution in [0.1, 0.15) is 11.1 Å². The second kappa shape index (κ2) is 5.23. The van der Waals surface area contributed by atoms with Gasteiger partial charge in [0.1, 0.15) is 5.71 Å². The van der Waals surface area contributed by atoms with E-state index in [1.54, 1.807) is 25.1 Å². The average Bonchev–Trinajstić information content (AvgIpc) is 2.80. The van der Waals surface area contributed by atoms with Crippen molar-refractivity contribution in [1.82, 2.24) is 0 Å². The van der Waals surface area contributed by atoms with Crippen molar-refractivity contribution in [1.29, 1.82) is 0 Å². The van der Waals surface area contributed by atoms with Gasteiger partial charge in [0.15, 0.2) is 0 Å². The summed E-state index contributed by atoms with van der Waals surface area (Å²) in [6.45, 7) is 1.80. The summed E-state index contributed by atoms with van der Waals surface area (Å²) in [5, 5.41) is 14.1. The molecule has 6 nitrogen and oxygen atoms in total. The van der Waals surface area contributed by atoms with Crippen molar-refractivity contribution in [2.24, 2.45) is 4.99 Å². The number of hydrogen-bond donors (Lipinski definition) is 1. The van der Waals surface area contributed by atoms with E-state index in [0.717, 1.165) is 5.56 Å². The molecule has 110 valence electrons. The first kappa shape index (κ1) is 14.2. The Morgan fingerprint density at radius 1 is 1.27 bits per heavy atom. The highest BCUT2D eigenvalue weighted by molar-refractivity contribution is 6.54. The van der Waals surface area contributed by atoms with Gasteiger partial charge in [-0.1, -0.05) is 17.7 Å². The Kier molecular flexibility index (Phi) is 3.38. The molecule has 1 aliphatic rings. The quantitative estimate of drug-likeness (QED) is 0.678. The normalized spacial score (nSPS) is 14.8. The lowest BCUT2D eigenvalue weighted by Gasteiger charge is -2.04. The summed E-state index contributed by atoms with van der Waals surface area (Å²) in [4.78, 5) is 26.6. The number of nitro groups is 1. The summed E-state index contributed by atoms with van der Waals surface area (Å²) in [6.07, 6.45) is 0.